The van der Waals surface area contributed by atoms with Gasteiger partial charge in [0, 0.05) is 31.5 Å². The molecule has 21 heavy (non-hydrogen) atoms. The van der Waals surface area contributed by atoms with Crippen LogP contribution in [0, 0.1) is 23.7 Å². The van der Waals surface area contributed by atoms with Gasteiger partial charge in [0.1, 0.15) is 0 Å². The third kappa shape index (κ3) is 3.96. The number of hydrogen-bond donors (Lipinski definition) is 2. The normalized spacial score (nSPS) is 34.7. The minimum atomic E-state index is -0.236. The van der Waals surface area contributed by atoms with Crippen LogP contribution in [-0.4, -0.2) is 35.8 Å². The number of amides is 2. The van der Waals surface area contributed by atoms with Gasteiger partial charge in [0.05, 0.1) is 0 Å². The van der Waals surface area contributed by atoms with Crippen LogP contribution in [0.1, 0.15) is 46.0 Å². The van der Waals surface area contributed by atoms with Crippen LogP contribution in [0.15, 0.2) is 0 Å². The van der Waals surface area contributed by atoms with Gasteiger partial charge in [-0.05, 0) is 43.4 Å². The highest BCUT2D eigenvalue weighted by Gasteiger charge is 2.37. The van der Waals surface area contributed by atoms with Crippen LogP contribution in [0.4, 0.5) is 0 Å². The quantitative estimate of drug-likeness (QED) is 0.817. The van der Waals surface area contributed by atoms with Gasteiger partial charge in [0.2, 0.25) is 11.8 Å². The van der Waals surface area contributed by atoms with Crippen LogP contribution in [-0.2, 0) is 9.59 Å². The van der Waals surface area contributed by atoms with Gasteiger partial charge < -0.3 is 16.4 Å². The maximum Gasteiger partial charge on any atom is 0.226 e. The molecule has 2 fully saturated rings. The predicted molar refractivity (Wildman–Crippen MR) is 82.1 cm³/mol. The summed E-state index contributed by atoms with van der Waals surface area (Å²) in [6, 6.07) is 0.141. The number of carbonyl (C=O) groups is 2. The van der Waals surface area contributed by atoms with E-state index in [9.17, 15) is 9.59 Å². The van der Waals surface area contributed by atoms with Gasteiger partial charge in [-0.15, -0.1) is 0 Å². The summed E-state index contributed by atoms with van der Waals surface area (Å²) in [7, 11) is 0. The number of rotatable bonds is 3. The molecular weight excluding hydrogens is 266 g/mol. The van der Waals surface area contributed by atoms with E-state index < -0.39 is 0 Å². The van der Waals surface area contributed by atoms with E-state index >= 15 is 0 Å². The zero-order valence-corrected chi connectivity index (χ0v) is 13.3. The number of piperidine rings is 1. The van der Waals surface area contributed by atoms with E-state index in [1.54, 1.807) is 0 Å². The molecule has 1 aliphatic carbocycles. The van der Waals surface area contributed by atoms with Crippen molar-refractivity contribution in [2.75, 3.05) is 13.1 Å². The van der Waals surface area contributed by atoms with E-state index in [1.165, 1.54) is 0 Å². The van der Waals surface area contributed by atoms with Gasteiger partial charge in [0.25, 0.3) is 0 Å². The Morgan fingerprint density at radius 2 is 1.71 bits per heavy atom. The second kappa shape index (κ2) is 6.77. The molecule has 0 aromatic carbocycles. The summed E-state index contributed by atoms with van der Waals surface area (Å²) in [5.74, 6) is 1.37. The SMILES string of the molecule is CC1CC(C)C(C(=O)N2CCC(CC(N)=O)CC2)CC1N. The topological polar surface area (TPSA) is 89.4 Å². The van der Waals surface area contributed by atoms with Crippen LogP contribution in [0.25, 0.3) is 0 Å². The van der Waals surface area contributed by atoms with Crippen LogP contribution in [0.3, 0.4) is 0 Å². The first-order chi connectivity index (χ1) is 9.88. The van der Waals surface area contributed by atoms with Crippen LogP contribution >= 0.6 is 0 Å². The average Bonchev–Trinajstić information content (AvgIpc) is 2.42. The lowest BCUT2D eigenvalue weighted by Crippen LogP contribution is -2.48. The molecule has 4 atom stereocenters. The van der Waals surface area contributed by atoms with E-state index in [2.05, 4.69) is 13.8 Å². The number of primary amides is 1. The van der Waals surface area contributed by atoms with Crippen molar-refractivity contribution >= 4 is 11.8 Å². The Balaban J connectivity index is 1.88. The van der Waals surface area contributed by atoms with Crippen molar-refractivity contribution in [1.82, 2.24) is 4.90 Å². The van der Waals surface area contributed by atoms with E-state index in [4.69, 9.17) is 11.5 Å². The largest absolute Gasteiger partial charge is 0.370 e. The van der Waals surface area contributed by atoms with Crippen molar-refractivity contribution in [3.63, 3.8) is 0 Å². The average molecular weight is 295 g/mol. The lowest BCUT2D eigenvalue weighted by Gasteiger charge is -2.40. The number of nitrogens with two attached hydrogens (primary N) is 2. The molecule has 2 rings (SSSR count). The Labute approximate surface area is 127 Å². The molecule has 1 saturated carbocycles. The van der Waals surface area contributed by atoms with Crippen molar-refractivity contribution < 1.29 is 9.59 Å². The van der Waals surface area contributed by atoms with Crippen molar-refractivity contribution in [1.29, 1.82) is 0 Å². The Bertz CT molecular complexity index is 391. The maximum absolute atomic E-state index is 12.7. The minimum Gasteiger partial charge on any atom is -0.370 e. The summed E-state index contributed by atoms with van der Waals surface area (Å²) in [6.07, 6.45) is 4.07. The number of carbonyl (C=O) groups excluding carboxylic acids is 2. The van der Waals surface area contributed by atoms with Crippen molar-refractivity contribution in [2.24, 2.45) is 35.1 Å². The highest BCUT2D eigenvalue weighted by molar-refractivity contribution is 5.79. The Morgan fingerprint density at radius 1 is 1.10 bits per heavy atom. The lowest BCUT2D eigenvalue weighted by atomic mass is 9.72. The van der Waals surface area contributed by atoms with Crippen molar-refractivity contribution in [3.8, 4) is 0 Å². The van der Waals surface area contributed by atoms with Gasteiger partial charge in [-0.1, -0.05) is 13.8 Å². The molecule has 1 heterocycles. The molecule has 4 unspecified atom stereocenters. The maximum atomic E-state index is 12.7. The molecule has 1 aliphatic heterocycles. The number of hydrogen-bond acceptors (Lipinski definition) is 3. The highest BCUT2D eigenvalue weighted by atomic mass is 16.2. The Kier molecular flexibility index (Phi) is 5.25. The standard InChI is InChI=1S/C16H29N3O2/c1-10-7-11(2)14(17)9-13(10)16(21)19-5-3-12(4-6-19)8-15(18)20/h10-14H,3-9,17H2,1-2H3,(H2,18,20). The fourth-order valence-electron chi connectivity index (χ4n) is 3.90. The first kappa shape index (κ1) is 16.3. The summed E-state index contributed by atoms with van der Waals surface area (Å²) in [6.45, 7) is 5.86. The highest BCUT2D eigenvalue weighted by Crippen LogP contribution is 2.35. The molecular formula is C16H29N3O2. The fourth-order valence-corrected chi connectivity index (χ4v) is 3.90. The first-order valence-electron chi connectivity index (χ1n) is 8.21. The van der Waals surface area contributed by atoms with E-state index in [0.717, 1.165) is 38.8 Å². The van der Waals surface area contributed by atoms with Crippen molar-refractivity contribution in [3.05, 3.63) is 0 Å². The molecule has 5 heteroatoms. The van der Waals surface area contributed by atoms with Crippen LogP contribution in [0.5, 0.6) is 0 Å². The fraction of sp³-hybridized carbons (Fsp3) is 0.875. The number of nitrogens with zero attached hydrogens (tertiary/aromatic N) is 1. The third-order valence-electron chi connectivity index (χ3n) is 5.42. The molecule has 0 spiro atoms. The summed E-state index contributed by atoms with van der Waals surface area (Å²) in [5.41, 5.74) is 11.4. The monoisotopic (exact) mass is 295 g/mol. The molecule has 5 nitrogen and oxygen atoms in total. The summed E-state index contributed by atoms with van der Waals surface area (Å²) >= 11 is 0. The van der Waals surface area contributed by atoms with Gasteiger partial charge >= 0.3 is 0 Å². The molecule has 1 saturated heterocycles. The molecule has 0 bridgehead atoms. The predicted octanol–water partition coefficient (Wildman–Crippen LogP) is 1.11. The van der Waals surface area contributed by atoms with Gasteiger partial charge in [-0.2, -0.15) is 0 Å². The zero-order valence-electron chi connectivity index (χ0n) is 13.3. The van der Waals surface area contributed by atoms with E-state index in [1.807, 2.05) is 4.90 Å². The second-order valence-electron chi connectivity index (χ2n) is 7.14. The number of likely N-dealkylation sites (tertiary alicyclic amines) is 1. The molecule has 0 aromatic heterocycles. The van der Waals surface area contributed by atoms with Gasteiger partial charge in [-0.25, -0.2) is 0 Å². The minimum absolute atomic E-state index is 0.0730. The zero-order chi connectivity index (χ0) is 15.6. The smallest absolute Gasteiger partial charge is 0.226 e. The summed E-state index contributed by atoms with van der Waals surface area (Å²) < 4.78 is 0. The molecule has 0 aromatic rings. The van der Waals surface area contributed by atoms with Crippen LogP contribution in [0.2, 0.25) is 0 Å². The van der Waals surface area contributed by atoms with Gasteiger partial charge in [-0.3, -0.25) is 9.59 Å². The first-order valence-corrected chi connectivity index (χ1v) is 8.21. The van der Waals surface area contributed by atoms with E-state index in [0.29, 0.717) is 24.2 Å². The van der Waals surface area contributed by atoms with Gasteiger partial charge in [0.15, 0.2) is 0 Å². The van der Waals surface area contributed by atoms with Crippen LogP contribution < -0.4 is 11.5 Å². The van der Waals surface area contributed by atoms with E-state index in [-0.39, 0.29) is 23.8 Å². The molecule has 120 valence electrons. The lowest BCUT2D eigenvalue weighted by molar-refractivity contribution is -0.140. The molecule has 2 amide bonds. The summed E-state index contributed by atoms with van der Waals surface area (Å²) in [4.78, 5) is 25.7. The Hall–Kier alpha value is -1.10. The summed E-state index contributed by atoms with van der Waals surface area (Å²) in [5, 5.41) is 0. The molecule has 4 N–H and O–H groups in total. The second-order valence-corrected chi connectivity index (χ2v) is 7.14. The molecule has 2 aliphatic rings. The van der Waals surface area contributed by atoms with Crippen molar-refractivity contribution in [2.45, 2.75) is 52.0 Å². The Morgan fingerprint density at radius 3 is 2.29 bits per heavy atom. The molecule has 0 radical (unpaired) electrons. The third-order valence-corrected chi connectivity index (χ3v) is 5.42.